The number of rotatable bonds is 5. The van der Waals surface area contributed by atoms with Crippen molar-refractivity contribution in [1.82, 2.24) is 0 Å². The number of nitrogens with two attached hydrogens (primary N) is 1. The average molecular weight is 237 g/mol. The Kier molecular flexibility index (Phi) is 4.82. The van der Waals surface area contributed by atoms with Gasteiger partial charge in [-0.3, -0.25) is 4.79 Å². The van der Waals surface area contributed by atoms with E-state index in [0.29, 0.717) is 19.4 Å². The van der Waals surface area contributed by atoms with Gasteiger partial charge in [-0.25, -0.2) is 0 Å². The summed E-state index contributed by atoms with van der Waals surface area (Å²) < 4.78 is 10.2. The average Bonchev–Trinajstić information content (AvgIpc) is 2.30. The first-order valence-corrected chi connectivity index (χ1v) is 5.61. The van der Waals surface area contributed by atoms with Crippen LogP contribution in [0, 0.1) is 13.8 Å². The van der Waals surface area contributed by atoms with E-state index in [2.05, 4.69) is 4.74 Å². The van der Waals surface area contributed by atoms with Gasteiger partial charge in [0.1, 0.15) is 5.75 Å². The molecule has 0 unspecified atom stereocenters. The van der Waals surface area contributed by atoms with Crippen molar-refractivity contribution in [3.05, 3.63) is 23.3 Å². The molecule has 2 N–H and O–H groups in total. The van der Waals surface area contributed by atoms with Crippen molar-refractivity contribution in [2.75, 3.05) is 19.5 Å². The van der Waals surface area contributed by atoms with E-state index >= 15 is 0 Å². The number of hydrogen-bond donors (Lipinski definition) is 1. The largest absolute Gasteiger partial charge is 0.493 e. The van der Waals surface area contributed by atoms with Gasteiger partial charge in [-0.15, -0.1) is 0 Å². The van der Waals surface area contributed by atoms with Gasteiger partial charge in [-0.05, 0) is 43.5 Å². The molecule has 4 nitrogen and oxygen atoms in total. The highest BCUT2D eigenvalue weighted by molar-refractivity contribution is 5.69. The summed E-state index contributed by atoms with van der Waals surface area (Å²) in [7, 11) is 1.39. The van der Waals surface area contributed by atoms with Crippen LogP contribution < -0.4 is 10.5 Å². The Labute approximate surface area is 102 Å². The van der Waals surface area contributed by atoms with Crippen LogP contribution in [0.25, 0.3) is 0 Å². The van der Waals surface area contributed by atoms with Crippen molar-refractivity contribution in [3.8, 4) is 5.75 Å². The van der Waals surface area contributed by atoms with Crippen LogP contribution in [-0.4, -0.2) is 19.7 Å². The highest BCUT2D eigenvalue weighted by Gasteiger charge is 2.04. The van der Waals surface area contributed by atoms with Gasteiger partial charge in [0.05, 0.1) is 13.7 Å². The third-order valence-electron chi connectivity index (χ3n) is 2.57. The topological polar surface area (TPSA) is 61.5 Å². The molecule has 0 fully saturated rings. The molecular formula is C13H19NO3. The minimum Gasteiger partial charge on any atom is -0.493 e. The molecule has 0 atom stereocenters. The maximum absolute atomic E-state index is 10.9. The lowest BCUT2D eigenvalue weighted by molar-refractivity contribution is -0.140. The zero-order valence-electron chi connectivity index (χ0n) is 10.6. The summed E-state index contributed by atoms with van der Waals surface area (Å²) in [6.45, 7) is 4.39. The molecule has 1 aromatic carbocycles. The maximum atomic E-state index is 10.9. The second-order valence-electron chi connectivity index (χ2n) is 4.00. The van der Waals surface area contributed by atoms with E-state index < -0.39 is 0 Å². The van der Waals surface area contributed by atoms with Crippen molar-refractivity contribution in [3.63, 3.8) is 0 Å². The molecule has 0 heterocycles. The first-order chi connectivity index (χ1) is 8.04. The number of anilines is 1. The Hall–Kier alpha value is -1.71. The highest BCUT2D eigenvalue weighted by Crippen LogP contribution is 2.24. The number of nitrogen functional groups attached to an aromatic ring is 1. The Balaban J connectivity index is 2.47. The summed E-state index contributed by atoms with van der Waals surface area (Å²) in [6.07, 6.45) is 1.03. The van der Waals surface area contributed by atoms with Gasteiger partial charge in [0, 0.05) is 12.1 Å². The van der Waals surface area contributed by atoms with Crippen LogP contribution in [0.4, 0.5) is 5.69 Å². The third-order valence-corrected chi connectivity index (χ3v) is 2.57. The van der Waals surface area contributed by atoms with Crippen LogP contribution in [0.1, 0.15) is 24.0 Å². The molecule has 0 aliphatic rings. The molecule has 0 saturated heterocycles. The van der Waals surface area contributed by atoms with Crippen molar-refractivity contribution in [2.24, 2.45) is 0 Å². The molecule has 0 saturated carbocycles. The molecule has 1 rings (SSSR count). The van der Waals surface area contributed by atoms with Gasteiger partial charge in [0.15, 0.2) is 0 Å². The fourth-order valence-corrected chi connectivity index (χ4v) is 1.47. The zero-order valence-corrected chi connectivity index (χ0v) is 10.6. The van der Waals surface area contributed by atoms with E-state index in [4.69, 9.17) is 10.5 Å². The molecule has 1 aromatic rings. The number of carbonyl (C=O) groups excluding carboxylic acids is 1. The fourth-order valence-electron chi connectivity index (χ4n) is 1.47. The summed E-state index contributed by atoms with van der Waals surface area (Å²) in [5.41, 5.74) is 8.56. The Morgan fingerprint density at radius 1 is 1.29 bits per heavy atom. The molecular weight excluding hydrogens is 218 g/mol. The predicted octanol–water partition coefficient (Wildman–Crippen LogP) is 2.22. The van der Waals surface area contributed by atoms with E-state index in [1.165, 1.54) is 7.11 Å². The molecule has 4 heteroatoms. The Bertz CT molecular complexity index is 402. The summed E-state index contributed by atoms with van der Waals surface area (Å²) in [5, 5.41) is 0. The SMILES string of the molecule is COC(=O)CCCOc1cc(C)c(N)cc1C. The monoisotopic (exact) mass is 237 g/mol. The van der Waals surface area contributed by atoms with Crippen molar-refractivity contribution < 1.29 is 14.3 Å². The number of methoxy groups -OCH3 is 1. The van der Waals surface area contributed by atoms with Crippen LogP contribution in [0.3, 0.4) is 0 Å². The van der Waals surface area contributed by atoms with E-state index in [-0.39, 0.29) is 5.97 Å². The number of benzene rings is 1. The molecule has 0 spiro atoms. The minimum atomic E-state index is -0.209. The predicted molar refractivity (Wildman–Crippen MR) is 67.1 cm³/mol. The lowest BCUT2D eigenvalue weighted by atomic mass is 10.1. The Morgan fingerprint density at radius 3 is 2.65 bits per heavy atom. The molecule has 0 aliphatic heterocycles. The summed E-state index contributed by atoms with van der Waals surface area (Å²) in [4.78, 5) is 10.9. The van der Waals surface area contributed by atoms with Crippen molar-refractivity contribution in [2.45, 2.75) is 26.7 Å². The quantitative estimate of drug-likeness (QED) is 0.484. The highest BCUT2D eigenvalue weighted by atomic mass is 16.5. The zero-order chi connectivity index (χ0) is 12.8. The lowest BCUT2D eigenvalue weighted by Crippen LogP contribution is -2.05. The summed E-state index contributed by atoms with van der Waals surface area (Å²) in [6, 6.07) is 3.81. The van der Waals surface area contributed by atoms with E-state index in [9.17, 15) is 4.79 Å². The van der Waals surface area contributed by atoms with Crippen LogP contribution in [-0.2, 0) is 9.53 Å². The number of ether oxygens (including phenoxy) is 2. The van der Waals surface area contributed by atoms with Gasteiger partial charge in [0.2, 0.25) is 0 Å². The van der Waals surface area contributed by atoms with Crippen LogP contribution in [0.2, 0.25) is 0 Å². The second kappa shape index (κ2) is 6.13. The molecule has 0 aliphatic carbocycles. The Morgan fingerprint density at radius 2 is 2.00 bits per heavy atom. The van der Waals surface area contributed by atoms with Crippen molar-refractivity contribution in [1.29, 1.82) is 0 Å². The number of aryl methyl sites for hydroxylation is 2. The standard InChI is InChI=1S/C13H19NO3/c1-9-8-12(10(2)7-11(9)14)17-6-4-5-13(15)16-3/h7-8H,4-6,14H2,1-3H3. The number of hydrogen-bond acceptors (Lipinski definition) is 4. The van der Waals surface area contributed by atoms with Crippen LogP contribution in [0.5, 0.6) is 5.75 Å². The van der Waals surface area contributed by atoms with Gasteiger partial charge >= 0.3 is 5.97 Å². The molecule has 0 radical (unpaired) electrons. The number of carbonyl (C=O) groups is 1. The molecule has 17 heavy (non-hydrogen) atoms. The molecule has 0 bridgehead atoms. The molecule has 94 valence electrons. The number of esters is 1. The smallest absolute Gasteiger partial charge is 0.305 e. The first kappa shape index (κ1) is 13.4. The van der Waals surface area contributed by atoms with Gasteiger partial charge in [-0.2, -0.15) is 0 Å². The lowest BCUT2D eigenvalue weighted by Gasteiger charge is -2.11. The molecule has 0 aromatic heterocycles. The normalized spacial score (nSPS) is 10.1. The van der Waals surface area contributed by atoms with E-state index in [1.54, 1.807) is 0 Å². The summed E-state index contributed by atoms with van der Waals surface area (Å²) in [5.74, 6) is 0.611. The summed E-state index contributed by atoms with van der Waals surface area (Å²) >= 11 is 0. The van der Waals surface area contributed by atoms with E-state index in [1.807, 2.05) is 26.0 Å². The molecule has 0 amide bonds. The van der Waals surface area contributed by atoms with Crippen molar-refractivity contribution >= 4 is 11.7 Å². The van der Waals surface area contributed by atoms with Gasteiger partial charge < -0.3 is 15.2 Å². The maximum Gasteiger partial charge on any atom is 0.305 e. The minimum absolute atomic E-state index is 0.209. The van der Waals surface area contributed by atoms with Gasteiger partial charge in [-0.1, -0.05) is 0 Å². The van der Waals surface area contributed by atoms with Gasteiger partial charge in [0.25, 0.3) is 0 Å². The second-order valence-corrected chi connectivity index (χ2v) is 4.00. The fraction of sp³-hybridized carbons (Fsp3) is 0.462. The van der Waals surface area contributed by atoms with Crippen LogP contribution in [0.15, 0.2) is 12.1 Å². The third kappa shape index (κ3) is 3.98. The first-order valence-electron chi connectivity index (χ1n) is 5.61. The van der Waals surface area contributed by atoms with Crippen LogP contribution >= 0.6 is 0 Å². The van der Waals surface area contributed by atoms with E-state index in [0.717, 1.165) is 22.6 Å².